The Kier molecular flexibility index (Phi) is 9.31. The molecule has 0 aromatic rings. The Morgan fingerprint density at radius 2 is 0.737 bits per heavy atom. The van der Waals surface area contributed by atoms with Crippen LogP contribution in [0.1, 0.15) is 93.9 Å². The molecule has 0 aliphatic carbocycles. The lowest BCUT2D eigenvalue weighted by molar-refractivity contribution is 0.574. The second kappa shape index (κ2) is 9.21. The third-order valence-electron chi connectivity index (χ3n) is 6.08. The van der Waals surface area contributed by atoms with Gasteiger partial charge in [-0.3, -0.25) is 0 Å². The van der Waals surface area contributed by atoms with Gasteiger partial charge in [0.05, 0.1) is 8.07 Å². The Morgan fingerprint density at radius 1 is 0.526 bits per heavy atom. The summed E-state index contributed by atoms with van der Waals surface area (Å²) in [7, 11) is -1.26. The lowest BCUT2D eigenvalue weighted by Gasteiger charge is -2.52. The molecular weight excluding hydrogens is 244 g/mol. The fraction of sp³-hybridized carbons (Fsp3) is 1.00. The minimum atomic E-state index is -1.26. The van der Waals surface area contributed by atoms with E-state index in [0.29, 0.717) is 0 Å². The quantitative estimate of drug-likeness (QED) is 0.366. The zero-order valence-electron chi connectivity index (χ0n) is 15.1. The van der Waals surface area contributed by atoms with Gasteiger partial charge >= 0.3 is 0 Å². The fourth-order valence-corrected chi connectivity index (χ4v) is 14.5. The van der Waals surface area contributed by atoms with E-state index in [4.69, 9.17) is 0 Å². The van der Waals surface area contributed by atoms with Crippen LogP contribution in [0.15, 0.2) is 0 Å². The minimum absolute atomic E-state index is 0.937. The first kappa shape index (κ1) is 19.2. The van der Waals surface area contributed by atoms with Crippen LogP contribution in [0.25, 0.3) is 0 Å². The van der Waals surface area contributed by atoms with Gasteiger partial charge in [0.2, 0.25) is 0 Å². The second-order valence-electron chi connectivity index (χ2n) is 6.69. The highest BCUT2D eigenvalue weighted by atomic mass is 28.3. The zero-order valence-corrected chi connectivity index (χ0v) is 16.1. The van der Waals surface area contributed by atoms with Crippen LogP contribution >= 0.6 is 0 Å². The molecule has 0 rings (SSSR count). The summed E-state index contributed by atoms with van der Waals surface area (Å²) in [6.07, 6.45) is 8.46. The zero-order chi connectivity index (χ0) is 15.1. The molecule has 0 atom stereocenters. The molecule has 0 saturated heterocycles. The van der Waals surface area contributed by atoms with E-state index in [2.05, 4.69) is 55.4 Å². The van der Waals surface area contributed by atoms with Crippen molar-refractivity contribution in [3.63, 3.8) is 0 Å². The summed E-state index contributed by atoms with van der Waals surface area (Å²) in [5.41, 5.74) is 4.03. The first-order chi connectivity index (χ1) is 9.00. The predicted octanol–water partition coefficient (Wildman–Crippen LogP) is 7.42. The summed E-state index contributed by atoms with van der Waals surface area (Å²) < 4.78 is 0. The van der Waals surface area contributed by atoms with E-state index in [0.717, 1.165) is 22.2 Å². The molecule has 0 heterocycles. The topological polar surface area (TPSA) is 0 Å². The van der Waals surface area contributed by atoms with Crippen molar-refractivity contribution >= 4 is 8.07 Å². The summed E-state index contributed by atoms with van der Waals surface area (Å²) in [5, 5.41) is 0. The minimum Gasteiger partial charge on any atom is -0.0654 e. The predicted molar refractivity (Wildman–Crippen MR) is 93.8 cm³/mol. The van der Waals surface area contributed by atoms with Crippen LogP contribution in [0.5, 0.6) is 0 Å². The molecule has 0 aromatic heterocycles. The molecule has 0 unspecified atom stereocenters. The van der Waals surface area contributed by atoms with Crippen molar-refractivity contribution < 1.29 is 0 Å². The van der Waals surface area contributed by atoms with Gasteiger partial charge in [-0.15, -0.1) is 0 Å². The molecule has 0 nitrogen and oxygen atoms in total. The Balaban J connectivity index is 5.84. The van der Waals surface area contributed by atoms with Crippen LogP contribution in [0.4, 0.5) is 0 Å². The lowest BCUT2D eigenvalue weighted by atomic mass is 10.2. The lowest BCUT2D eigenvalue weighted by Crippen LogP contribution is -2.51. The molecule has 0 fully saturated rings. The molecule has 1 heteroatoms. The van der Waals surface area contributed by atoms with Crippen molar-refractivity contribution in [3.05, 3.63) is 0 Å². The summed E-state index contributed by atoms with van der Waals surface area (Å²) in [4.78, 5) is 0. The third-order valence-corrected chi connectivity index (χ3v) is 14.8. The van der Waals surface area contributed by atoms with E-state index < -0.39 is 8.07 Å². The van der Waals surface area contributed by atoms with Gasteiger partial charge in [-0.1, -0.05) is 99.5 Å². The van der Waals surface area contributed by atoms with E-state index in [1.54, 1.807) is 0 Å². The first-order valence-electron chi connectivity index (χ1n) is 9.00. The van der Waals surface area contributed by atoms with Crippen LogP contribution in [-0.4, -0.2) is 8.07 Å². The second-order valence-corrected chi connectivity index (χ2v) is 12.3. The molecule has 0 aliphatic rings. The maximum absolute atomic E-state index is 2.56. The Hall–Kier alpha value is 0.217. The van der Waals surface area contributed by atoms with Crippen molar-refractivity contribution in [1.29, 1.82) is 0 Å². The molecule has 0 radical (unpaired) electrons. The normalized spacial score (nSPS) is 13.3. The molecule has 0 bridgehead atoms. The molecule has 0 saturated carbocycles. The van der Waals surface area contributed by atoms with Crippen LogP contribution < -0.4 is 0 Å². The largest absolute Gasteiger partial charge is 0.0654 e. The van der Waals surface area contributed by atoms with E-state index in [1.165, 1.54) is 38.5 Å². The maximum Gasteiger partial charge on any atom is 0.0654 e. The molecular formula is C18H40Si. The Bertz CT molecular complexity index is 178. The summed E-state index contributed by atoms with van der Waals surface area (Å²) in [6.45, 7) is 19.8. The van der Waals surface area contributed by atoms with Gasteiger partial charge in [-0.05, 0) is 16.6 Å². The molecule has 0 aromatic carbocycles. The highest BCUT2D eigenvalue weighted by molar-refractivity contribution is 6.85. The van der Waals surface area contributed by atoms with Crippen molar-refractivity contribution in [2.75, 3.05) is 0 Å². The van der Waals surface area contributed by atoms with Crippen molar-refractivity contribution in [3.8, 4) is 0 Å². The number of hydrogen-bond acceptors (Lipinski definition) is 0. The van der Waals surface area contributed by atoms with Crippen molar-refractivity contribution in [2.24, 2.45) is 0 Å². The van der Waals surface area contributed by atoms with E-state index in [1.807, 2.05) is 0 Å². The third kappa shape index (κ3) is 3.65. The molecule has 116 valence electrons. The number of rotatable bonds is 10. The molecule has 0 spiro atoms. The van der Waals surface area contributed by atoms with E-state index in [-0.39, 0.29) is 0 Å². The molecule has 0 N–H and O–H groups in total. The average Bonchev–Trinajstić information content (AvgIpc) is 2.41. The molecule has 0 aliphatic heterocycles. The first-order valence-corrected chi connectivity index (χ1v) is 11.3. The number of hydrogen-bond donors (Lipinski definition) is 0. The van der Waals surface area contributed by atoms with E-state index in [9.17, 15) is 0 Å². The van der Waals surface area contributed by atoms with Gasteiger partial charge in [0.1, 0.15) is 0 Å². The van der Waals surface area contributed by atoms with Crippen LogP contribution in [0, 0.1) is 0 Å². The monoisotopic (exact) mass is 284 g/mol. The highest BCUT2D eigenvalue weighted by Crippen LogP contribution is 2.56. The van der Waals surface area contributed by atoms with Crippen molar-refractivity contribution in [1.82, 2.24) is 0 Å². The van der Waals surface area contributed by atoms with Gasteiger partial charge in [-0.2, -0.15) is 0 Å². The van der Waals surface area contributed by atoms with Gasteiger partial charge in [0.25, 0.3) is 0 Å². The standard InChI is InChI=1S/C18H40Si/c1-9-16(10-2)19(15(7)8,17(11-3)12-4)18(13-5)14-6/h15-18H,9-14H2,1-8H3. The van der Waals surface area contributed by atoms with Crippen LogP contribution in [0.3, 0.4) is 0 Å². The Labute approximate surface area is 124 Å². The summed E-state index contributed by atoms with van der Waals surface area (Å²) in [5.74, 6) is 0. The van der Waals surface area contributed by atoms with Gasteiger partial charge in [-0.25, -0.2) is 0 Å². The van der Waals surface area contributed by atoms with Gasteiger partial charge in [0.15, 0.2) is 0 Å². The SMILES string of the molecule is CCC(CC)[Si](C(C)C)(C(CC)CC)C(CC)CC. The average molecular weight is 285 g/mol. The summed E-state index contributed by atoms with van der Waals surface area (Å²) >= 11 is 0. The van der Waals surface area contributed by atoms with Crippen LogP contribution in [-0.2, 0) is 0 Å². The van der Waals surface area contributed by atoms with Crippen LogP contribution in [0.2, 0.25) is 22.2 Å². The van der Waals surface area contributed by atoms with Gasteiger partial charge < -0.3 is 0 Å². The van der Waals surface area contributed by atoms with Gasteiger partial charge in [0, 0.05) is 0 Å². The molecule has 0 amide bonds. The fourth-order valence-electron chi connectivity index (χ4n) is 5.40. The molecule has 19 heavy (non-hydrogen) atoms. The Morgan fingerprint density at radius 3 is 0.842 bits per heavy atom. The highest BCUT2D eigenvalue weighted by Gasteiger charge is 2.50. The van der Waals surface area contributed by atoms with E-state index >= 15 is 0 Å². The van der Waals surface area contributed by atoms with Crippen molar-refractivity contribution in [2.45, 2.75) is 116 Å². The summed E-state index contributed by atoms with van der Waals surface area (Å²) in [6, 6.07) is 0. The smallest absolute Gasteiger partial charge is 0.0654 e. The maximum atomic E-state index is 2.56.